The maximum atomic E-state index is 12.1. The summed E-state index contributed by atoms with van der Waals surface area (Å²) in [5.74, 6) is -0.205. The van der Waals surface area contributed by atoms with E-state index in [-0.39, 0.29) is 17.3 Å². The molecule has 0 bridgehead atoms. The van der Waals surface area contributed by atoms with E-state index < -0.39 is 15.3 Å². The van der Waals surface area contributed by atoms with Gasteiger partial charge in [0.1, 0.15) is 0 Å². The molecule has 0 aliphatic heterocycles. The van der Waals surface area contributed by atoms with Crippen molar-refractivity contribution >= 4 is 21.4 Å². The van der Waals surface area contributed by atoms with E-state index in [2.05, 4.69) is 5.32 Å². The lowest BCUT2D eigenvalue weighted by molar-refractivity contribution is -0.124. The van der Waals surface area contributed by atoms with Crippen molar-refractivity contribution in [3.63, 3.8) is 0 Å². The maximum Gasteiger partial charge on any atom is 0.231 e. The Balaban J connectivity index is 2.99. The van der Waals surface area contributed by atoms with E-state index >= 15 is 0 Å². The van der Waals surface area contributed by atoms with Crippen LogP contribution in [0.15, 0.2) is 29.2 Å². The van der Waals surface area contributed by atoms with E-state index in [1.165, 1.54) is 12.1 Å². The van der Waals surface area contributed by atoms with Crippen LogP contribution in [0.4, 0.5) is 5.69 Å². The number of hydrogen-bond acceptors (Lipinski definition) is 4. The molecule has 1 aromatic carbocycles. The first-order valence-corrected chi connectivity index (χ1v) is 7.94. The summed E-state index contributed by atoms with van der Waals surface area (Å²) in [5.41, 5.74) is 5.42. The van der Waals surface area contributed by atoms with E-state index in [9.17, 15) is 13.2 Å². The first-order valence-electron chi connectivity index (χ1n) is 6.04. The van der Waals surface area contributed by atoms with Gasteiger partial charge >= 0.3 is 0 Å². The molecule has 106 valence electrons. The second-order valence-electron chi connectivity index (χ2n) is 4.87. The number of amides is 1. The van der Waals surface area contributed by atoms with Crippen molar-refractivity contribution in [2.75, 3.05) is 18.1 Å². The summed E-state index contributed by atoms with van der Waals surface area (Å²) in [7, 11) is -3.28. The molecule has 0 aliphatic rings. The fraction of sp³-hybridized carbons (Fsp3) is 0.462. The van der Waals surface area contributed by atoms with Gasteiger partial charge in [-0.25, -0.2) is 8.42 Å². The summed E-state index contributed by atoms with van der Waals surface area (Å²) in [6.07, 6.45) is 1.74. The highest BCUT2D eigenvalue weighted by Crippen LogP contribution is 2.23. The molecular formula is C13H20N2O3S. The van der Waals surface area contributed by atoms with Gasteiger partial charge in [0.05, 0.1) is 10.3 Å². The first kappa shape index (κ1) is 15.7. The van der Waals surface area contributed by atoms with Crippen LogP contribution in [0.1, 0.15) is 20.3 Å². The number of hydrogen-bond donors (Lipinski definition) is 2. The highest BCUT2D eigenvalue weighted by molar-refractivity contribution is 7.90. The monoisotopic (exact) mass is 284 g/mol. The van der Waals surface area contributed by atoms with E-state index in [0.717, 1.165) is 6.26 Å². The first-order chi connectivity index (χ1) is 8.73. The van der Waals surface area contributed by atoms with Gasteiger partial charge in [-0.15, -0.1) is 0 Å². The Kier molecular flexibility index (Phi) is 4.70. The third-order valence-corrected chi connectivity index (χ3v) is 4.41. The maximum absolute atomic E-state index is 12.1. The van der Waals surface area contributed by atoms with E-state index in [1.54, 1.807) is 19.1 Å². The van der Waals surface area contributed by atoms with Crippen molar-refractivity contribution in [1.82, 2.24) is 0 Å². The van der Waals surface area contributed by atoms with Crippen LogP contribution in [-0.2, 0) is 14.6 Å². The zero-order valence-corrected chi connectivity index (χ0v) is 12.3. The van der Waals surface area contributed by atoms with Crippen LogP contribution in [-0.4, -0.2) is 27.1 Å². The van der Waals surface area contributed by atoms with Crippen molar-refractivity contribution < 1.29 is 13.2 Å². The number of nitrogens with two attached hydrogens (primary N) is 1. The third-order valence-electron chi connectivity index (χ3n) is 3.30. The largest absolute Gasteiger partial charge is 0.329 e. The van der Waals surface area contributed by atoms with Crippen molar-refractivity contribution in [1.29, 1.82) is 0 Å². The molecule has 0 fully saturated rings. The van der Waals surface area contributed by atoms with Crippen molar-refractivity contribution in [2.24, 2.45) is 11.1 Å². The Hall–Kier alpha value is -1.40. The molecule has 0 saturated carbocycles. The van der Waals surface area contributed by atoms with Crippen LogP contribution in [0.3, 0.4) is 0 Å². The Morgan fingerprint density at radius 1 is 1.42 bits per heavy atom. The lowest BCUT2D eigenvalue weighted by Gasteiger charge is -2.25. The predicted octanol–water partition coefficient (Wildman–Crippen LogP) is 1.40. The highest BCUT2D eigenvalue weighted by atomic mass is 32.2. The minimum atomic E-state index is -3.28. The van der Waals surface area contributed by atoms with E-state index in [4.69, 9.17) is 5.73 Å². The van der Waals surface area contributed by atoms with Crippen molar-refractivity contribution in [3.05, 3.63) is 24.3 Å². The minimum absolute atomic E-state index is 0.177. The molecule has 0 spiro atoms. The van der Waals surface area contributed by atoms with Crippen LogP contribution in [0.25, 0.3) is 0 Å². The molecule has 1 amide bonds. The summed E-state index contributed by atoms with van der Waals surface area (Å²) in [4.78, 5) is 12.3. The summed E-state index contributed by atoms with van der Waals surface area (Å²) in [6, 6.07) is 6.18. The van der Waals surface area contributed by atoms with Crippen LogP contribution in [0, 0.1) is 5.41 Å². The fourth-order valence-electron chi connectivity index (χ4n) is 1.48. The minimum Gasteiger partial charge on any atom is -0.329 e. The predicted molar refractivity (Wildman–Crippen MR) is 75.6 cm³/mol. The van der Waals surface area contributed by atoms with Gasteiger partial charge in [-0.3, -0.25) is 4.79 Å². The molecule has 5 nitrogen and oxygen atoms in total. The third kappa shape index (κ3) is 3.78. The molecule has 1 rings (SSSR count). The van der Waals surface area contributed by atoms with Crippen LogP contribution in [0.2, 0.25) is 0 Å². The average Bonchev–Trinajstić information content (AvgIpc) is 2.37. The Morgan fingerprint density at radius 2 is 2.05 bits per heavy atom. The molecule has 6 heteroatoms. The second kappa shape index (κ2) is 5.71. The molecule has 19 heavy (non-hydrogen) atoms. The summed E-state index contributed by atoms with van der Waals surface area (Å²) in [5, 5.41) is 2.71. The van der Waals surface area contributed by atoms with Crippen LogP contribution in [0.5, 0.6) is 0 Å². The number of anilines is 1. The van der Waals surface area contributed by atoms with Gasteiger partial charge in [0, 0.05) is 18.5 Å². The molecule has 0 aromatic heterocycles. The van der Waals surface area contributed by atoms with Gasteiger partial charge in [0.15, 0.2) is 9.84 Å². The Labute approximate surface area is 114 Å². The molecule has 0 aliphatic carbocycles. The van der Waals surface area contributed by atoms with Gasteiger partial charge in [0.2, 0.25) is 5.91 Å². The lowest BCUT2D eigenvalue weighted by atomic mass is 9.86. The van der Waals surface area contributed by atoms with Gasteiger partial charge in [0.25, 0.3) is 0 Å². The van der Waals surface area contributed by atoms with Gasteiger partial charge in [-0.1, -0.05) is 13.0 Å². The van der Waals surface area contributed by atoms with Crippen molar-refractivity contribution in [2.45, 2.75) is 25.2 Å². The zero-order chi connectivity index (χ0) is 14.7. The average molecular weight is 284 g/mol. The van der Waals surface area contributed by atoms with Gasteiger partial charge in [-0.2, -0.15) is 0 Å². The number of benzene rings is 1. The molecule has 3 N–H and O–H groups in total. The number of carbonyl (C=O) groups is 1. The number of nitrogens with one attached hydrogen (secondary N) is 1. The molecule has 1 atom stereocenters. The normalized spacial score (nSPS) is 14.7. The lowest BCUT2D eigenvalue weighted by Crippen LogP contribution is -2.39. The molecule has 0 radical (unpaired) electrons. The molecule has 1 aromatic rings. The van der Waals surface area contributed by atoms with E-state index in [1.807, 2.05) is 6.92 Å². The summed E-state index contributed by atoms with van der Waals surface area (Å²) >= 11 is 0. The van der Waals surface area contributed by atoms with Crippen molar-refractivity contribution in [3.8, 4) is 0 Å². The molecular weight excluding hydrogens is 264 g/mol. The summed E-state index contributed by atoms with van der Waals surface area (Å²) < 4.78 is 22.9. The number of sulfone groups is 1. The van der Waals surface area contributed by atoms with Gasteiger partial charge in [-0.05, 0) is 31.5 Å². The molecule has 0 saturated heterocycles. The number of carbonyl (C=O) groups excluding carboxylic acids is 1. The summed E-state index contributed by atoms with van der Waals surface area (Å²) in [6.45, 7) is 3.91. The Morgan fingerprint density at radius 3 is 2.53 bits per heavy atom. The van der Waals surface area contributed by atoms with Crippen LogP contribution < -0.4 is 11.1 Å². The quantitative estimate of drug-likeness (QED) is 0.855. The van der Waals surface area contributed by atoms with E-state index in [0.29, 0.717) is 12.1 Å². The SMILES string of the molecule is CCC(C)(CN)C(=O)Nc1cccc(S(C)(=O)=O)c1. The smallest absolute Gasteiger partial charge is 0.231 e. The van der Waals surface area contributed by atoms with Gasteiger partial charge < -0.3 is 11.1 Å². The Bertz CT molecular complexity index is 563. The zero-order valence-electron chi connectivity index (χ0n) is 11.4. The topological polar surface area (TPSA) is 89.3 Å². The number of rotatable bonds is 5. The highest BCUT2D eigenvalue weighted by Gasteiger charge is 2.29. The standard InChI is InChI=1S/C13H20N2O3S/c1-4-13(2,9-14)12(16)15-10-6-5-7-11(8-10)19(3,17)18/h5-8H,4,9,14H2,1-3H3,(H,15,16). The molecule has 1 unspecified atom stereocenters. The van der Waals surface area contributed by atoms with Crippen LogP contribution >= 0.6 is 0 Å². The fourth-order valence-corrected chi connectivity index (χ4v) is 2.15. The molecule has 0 heterocycles. The second-order valence-corrected chi connectivity index (χ2v) is 6.89.